The van der Waals surface area contributed by atoms with E-state index in [1.165, 1.54) is 12.8 Å². The Morgan fingerprint density at radius 1 is 1.05 bits per heavy atom. The number of anilines is 1. The number of piperidine rings is 1. The first-order chi connectivity index (χ1) is 19.9. The van der Waals surface area contributed by atoms with Gasteiger partial charge < -0.3 is 20.1 Å². The molecule has 0 aliphatic carbocycles. The van der Waals surface area contributed by atoms with E-state index in [0.717, 1.165) is 56.3 Å². The second-order valence-electron chi connectivity index (χ2n) is 11.9. The quantitative estimate of drug-likeness (QED) is 0.292. The Hall–Kier alpha value is -3.20. The summed E-state index contributed by atoms with van der Waals surface area (Å²) in [6.45, 7) is 7.19. The van der Waals surface area contributed by atoms with Crippen LogP contribution in [0.1, 0.15) is 32.6 Å². The molecule has 3 aliphatic rings. The second kappa shape index (κ2) is 10.9. The van der Waals surface area contributed by atoms with Crippen molar-refractivity contribution in [2.45, 2.75) is 44.7 Å². The van der Waals surface area contributed by atoms with Crippen LogP contribution in [0.4, 0.5) is 10.2 Å². The molecular formula is C32H35ClFN5O2. The van der Waals surface area contributed by atoms with Gasteiger partial charge in [0.05, 0.1) is 5.02 Å². The molecule has 0 spiro atoms. The average molecular weight is 576 g/mol. The van der Waals surface area contributed by atoms with Gasteiger partial charge in [0, 0.05) is 49.2 Å². The molecule has 0 radical (unpaired) electrons. The van der Waals surface area contributed by atoms with Gasteiger partial charge in [0.15, 0.2) is 5.82 Å². The number of hydrogen-bond acceptors (Lipinski definition) is 7. The molecule has 7 nitrogen and oxygen atoms in total. The summed E-state index contributed by atoms with van der Waals surface area (Å²) < 4.78 is 22.8. The standard InChI is InChI=1S/C32H35ClFN5O2/c1-19-5-4-10-38(16-19)11-12-41-32-36-30-26(31(37-32)39-17-21-8-9-22(18-39)35-21)15-27(33)28(29(30)34)25-14-23(40)13-20-6-2-3-7-24(20)25/h2-3,6-7,13-15,19,21-22,35,40H,4-5,8-12,16-18H2,1H3. The van der Waals surface area contributed by atoms with Crippen molar-refractivity contribution in [2.75, 3.05) is 44.2 Å². The molecule has 1 aromatic heterocycles. The third-order valence-electron chi connectivity index (χ3n) is 8.85. The van der Waals surface area contributed by atoms with Crippen LogP contribution in [0, 0.1) is 11.7 Å². The Morgan fingerprint density at radius 2 is 1.85 bits per heavy atom. The van der Waals surface area contributed by atoms with Crippen molar-refractivity contribution in [1.82, 2.24) is 20.2 Å². The summed E-state index contributed by atoms with van der Waals surface area (Å²) in [5.41, 5.74) is 0.908. The van der Waals surface area contributed by atoms with E-state index in [4.69, 9.17) is 21.3 Å². The summed E-state index contributed by atoms with van der Waals surface area (Å²) in [6.07, 6.45) is 4.69. The number of piperazine rings is 1. The smallest absolute Gasteiger partial charge is 0.319 e. The van der Waals surface area contributed by atoms with Gasteiger partial charge in [0.2, 0.25) is 0 Å². The van der Waals surface area contributed by atoms with Crippen molar-refractivity contribution in [2.24, 2.45) is 5.92 Å². The molecule has 7 rings (SSSR count). The highest BCUT2D eigenvalue weighted by Gasteiger charge is 2.34. The van der Waals surface area contributed by atoms with Crippen LogP contribution in [-0.4, -0.2) is 71.4 Å². The molecule has 3 aromatic carbocycles. The van der Waals surface area contributed by atoms with E-state index < -0.39 is 5.82 Å². The molecule has 0 saturated carbocycles. The minimum absolute atomic E-state index is 0.0463. The molecule has 2 N–H and O–H groups in total. The van der Waals surface area contributed by atoms with Gasteiger partial charge in [-0.1, -0.05) is 42.8 Å². The van der Waals surface area contributed by atoms with Gasteiger partial charge in [-0.25, -0.2) is 4.39 Å². The number of aromatic nitrogens is 2. The Morgan fingerprint density at radius 3 is 2.66 bits per heavy atom. The molecule has 3 fully saturated rings. The molecule has 3 saturated heterocycles. The van der Waals surface area contributed by atoms with Gasteiger partial charge in [0.1, 0.15) is 23.7 Å². The number of likely N-dealkylation sites (tertiary alicyclic amines) is 1. The maximum Gasteiger partial charge on any atom is 0.319 e. The van der Waals surface area contributed by atoms with Gasteiger partial charge in [0.25, 0.3) is 0 Å². The highest BCUT2D eigenvalue weighted by molar-refractivity contribution is 6.35. The maximum absolute atomic E-state index is 16.7. The monoisotopic (exact) mass is 575 g/mol. The highest BCUT2D eigenvalue weighted by atomic mass is 35.5. The van der Waals surface area contributed by atoms with E-state index in [2.05, 4.69) is 27.0 Å². The van der Waals surface area contributed by atoms with Crippen molar-refractivity contribution in [1.29, 1.82) is 0 Å². The second-order valence-corrected chi connectivity index (χ2v) is 12.3. The van der Waals surface area contributed by atoms with E-state index in [0.29, 0.717) is 41.4 Å². The van der Waals surface area contributed by atoms with Crippen LogP contribution in [0.2, 0.25) is 5.02 Å². The molecule has 2 bridgehead atoms. The number of phenolic OH excluding ortho intramolecular Hbond substituents is 1. The third-order valence-corrected chi connectivity index (χ3v) is 9.15. The Bertz CT molecular complexity index is 1600. The fraction of sp³-hybridized carbons (Fsp3) is 0.438. The number of rotatable bonds is 6. The molecular weight excluding hydrogens is 541 g/mol. The van der Waals surface area contributed by atoms with Crippen molar-refractivity contribution >= 4 is 39.1 Å². The van der Waals surface area contributed by atoms with Crippen molar-refractivity contribution in [3.63, 3.8) is 0 Å². The minimum atomic E-state index is -0.542. The Labute approximate surface area is 244 Å². The Balaban J connectivity index is 1.32. The van der Waals surface area contributed by atoms with Crippen LogP contribution in [0.5, 0.6) is 11.8 Å². The first-order valence-corrected chi connectivity index (χ1v) is 15.1. The molecule has 41 heavy (non-hydrogen) atoms. The number of halogens is 2. The molecule has 3 unspecified atom stereocenters. The van der Waals surface area contributed by atoms with Crippen molar-refractivity contribution < 1.29 is 14.2 Å². The van der Waals surface area contributed by atoms with E-state index >= 15 is 4.39 Å². The molecule has 214 valence electrons. The van der Waals surface area contributed by atoms with Gasteiger partial charge in [-0.3, -0.25) is 4.90 Å². The van der Waals surface area contributed by atoms with Crippen molar-refractivity contribution in [3.8, 4) is 22.9 Å². The zero-order valence-corrected chi connectivity index (χ0v) is 24.0. The summed E-state index contributed by atoms with van der Waals surface area (Å²) in [5, 5.41) is 16.5. The van der Waals surface area contributed by atoms with Crippen LogP contribution in [0.15, 0.2) is 42.5 Å². The number of phenols is 1. The fourth-order valence-corrected chi connectivity index (χ4v) is 7.23. The third kappa shape index (κ3) is 5.18. The normalized spacial score (nSPS) is 23.0. The van der Waals surface area contributed by atoms with Gasteiger partial charge in [-0.15, -0.1) is 0 Å². The summed E-state index contributed by atoms with van der Waals surface area (Å²) in [7, 11) is 0. The predicted octanol–water partition coefficient (Wildman–Crippen LogP) is 6.00. The summed E-state index contributed by atoms with van der Waals surface area (Å²) >= 11 is 6.85. The van der Waals surface area contributed by atoms with Crippen LogP contribution in [-0.2, 0) is 0 Å². The lowest BCUT2D eigenvalue weighted by molar-refractivity contribution is 0.150. The van der Waals surface area contributed by atoms with Gasteiger partial charge in [-0.2, -0.15) is 9.97 Å². The molecule has 4 aromatic rings. The molecule has 4 heterocycles. The lowest BCUT2D eigenvalue weighted by Gasteiger charge is -2.34. The highest BCUT2D eigenvalue weighted by Crippen LogP contribution is 2.42. The lowest BCUT2D eigenvalue weighted by Crippen LogP contribution is -2.51. The topological polar surface area (TPSA) is 73.8 Å². The maximum atomic E-state index is 16.7. The van der Waals surface area contributed by atoms with Crippen molar-refractivity contribution in [3.05, 3.63) is 53.3 Å². The SMILES string of the molecule is CC1CCCN(CCOc2nc(N3CC4CCC(C3)N4)c3cc(Cl)c(-c4cc(O)cc5ccccc45)c(F)c3n2)C1. The van der Waals surface area contributed by atoms with E-state index in [1.807, 2.05) is 24.3 Å². The first kappa shape index (κ1) is 26.7. The van der Waals surface area contributed by atoms with Gasteiger partial charge >= 0.3 is 6.01 Å². The largest absolute Gasteiger partial charge is 0.508 e. The van der Waals surface area contributed by atoms with Crippen LogP contribution >= 0.6 is 11.6 Å². The average Bonchev–Trinajstić information content (AvgIpc) is 3.30. The Kier molecular flexibility index (Phi) is 7.09. The predicted molar refractivity (Wildman–Crippen MR) is 162 cm³/mol. The van der Waals surface area contributed by atoms with E-state index in [-0.39, 0.29) is 27.9 Å². The zero-order chi connectivity index (χ0) is 28.1. The van der Waals surface area contributed by atoms with E-state index in [1.54, 1.807) is 18.2 Å². The van der Waals surface area contributed by atoms with Crippen LogP contribution < -0.4 is 15.0 Å². The molecule has 9 heteroatoms. The summed E-state index contributed by atoms with van der Waals surface area (Å²) in [4.78, 5) is 14.1. The summed E-state index contributed by atoms with van der Waals surface area (Å²) in [6, 6.07) is 13.5. The molecule has 3 atom stereocenters. The number of benzene rings is 3. The minimum Gasteiger partial charge on any atom is -0.508 e. The number of ether oxygens (including phenoxy) is 1. The first-order valence-electron chi connectivity index (χ1n) is 14.7. The summed E-state index contributed by atoms with van der Waals surface area (Å²) in [5.74, 6) is 0.842. The number of nitrogens with zero attached hydrogens (tertiary/aromatic N) is 4. The van der Waals surface area contributed by atoms with Crippen LogP contribution in [0.3, 0.4) is 0 Å². The fourth-order valence-electron chi connectivity index (χ4n) is 6.94. The van der Waals surface area contributed by atoms with Crippen LogP contribution in [0.25, 0.3) is 32.8 Å². The lowest BCUT2D eigenvalue weighted by atomic mass is 9.96. The number of nitrogens with one attached hydrogen (secondary N) is 1. The number of fused-ring (bicyclic) bond motifs is 4. The zero-order valence-electron chi connectivity index (χ0n) is 23.2. The number of hydrogen-bond donors (Lipinski definition) is 2. The van der Waals surface area contributed by atoms with Gasteiger partial charge in [-0.05, 0) is 72.7 Å². The van der Waals surface area contributed by atoms with E-state index in [9.17, 15) is 5.11 Å². The molecule has 0 amide bonds. The number of aromatic hydroxyl groups is 1. The molecule has 3 aliphatic heterocycles.